The van der Waals surface area contributed by atoms with Crippen molar-refractivity contribution in [2.24, 2.45) is 5.14 Å². The van der Waals surface area contributed by atoms with Crippen LogP contribution in [0.5, 0.6) is 5.75 Å². The highest BCUT2D eigenvalue weighted by Gasteiger charge is 2.20. The summed E-state index contributed by atoms with van der Waals surface area (Å²) < 4.78 is 56.0. The SMILES string of the molecule is COc1ccc(NC(=O)c2ccccc2NS(=O)(=O)c2cccc(S(N)(=O)=O)c2)cc1. The molecule has 0 spiro atoms. The maximum absolute atomic E-state index is 12.8. The summed E-state index contributed by atoms with van der Waals surface area (Å²) in [6.07, 6.45) is 0. The molecule has 11 heteroatoms. The zero-order valence-electron chi connectivity index (χ0n) is 16.3. The molecule has 0 atom stereocenters. The average molecular weight is 462 g/mol. The number of para-hydroxylation sites is 1. The molecule has 0 aliphatic rings. The van der Waals surface area contributed by atoms with Crippen molar-refractivity contribution in [2.75, 3.05) is 17.1 Å². The van der Waals surface area contributed by atoms with Gasteiger partial charge in [0.1, 0.15) is 5.75 Å². The van der Waals surface area contributed by atoms with Crippen LogP contribution in [0, 0.1) is 0 Å². The van der Waals surface area contributed by atoms with Crippen LogP contribution in [0.15, 0.2) is 82.6 Å². The second kappa shape index (κ2) is 8.76. The molecule has 0 bridgehead atoms. The second-order valence-electron chi connectivity index (χ2n) is 6.35. The van der Waals surface area contributed by atoms with E-state index in [1.807, 2.05) is 0 Å². The van der Waals surface area contributed by atoms with Crippen LogP contribution in [0.2, 0.25) is 0 Å². The first-order chi connectivity index (χ1) is 14.6. The Morgan fingerprint density at radius 3 is 2.16 bits per heavy atom. The summed E-state index contributed by atoms with van der Waals surface area (Å²) >= 11 is 0. The average Bonchev–Trinajstić information content (AvgIpc) is 2.74. The molecule has 3 aromatic rings. The lowest BCUT2D eigenvalue weighted by molar-refractivity contribution is 0.102. The minimum absolute atomic E-state index is 0.0227. The number of rotatable bonds is 7. The van der Waals surface area contributed by atoms with Gasteiger partial charge in [0.25, 0.3) is 15.9 Å². The van der Waals surface area contributed by atoms with E-state index in [1.165, 1.54) is 37.4 Å². The van der Waals surface area contributed by atoms with E-state index in [4.69, 9.17) is 9.88 Å². The molecule has 3 aromatic carbocycles. The van der Waals surface area contributed by atoms with E-state index < -0.39 is 26.0 Å². The van der Waals surface area contributed by atoms with Crippen LogP contribution in [0.25, 0.3) is 0 Å². The van der Waals surface area contributed by atoms with Gasteiger partial charge >= 0.3 is 0 Å². The van der Waals surface area contributed by atoms with E-state index in [-0.39, 0.29) is 21.0 Å². The van der Waals surface area contributed by atoms with Gasteiger partial charge < -0.3 is 10.1 Å². The highest BCUT2D eigenvalue weighted by molar-refractivity contribution is 7.93. The molecule has 0 heterocycles. The Labute approximate surface area is 180 Å². The molecule has 0 radical (unpaired) electrons. The number of methoxy groups -OCH3 is 1. The molecule has 0 fully saturated rings. The van der Waals surface area contributed by atoms with Gasteiger partial charge in [-0.25, -0.2) is 22.0 Å². The summed E-state index contributed by atoms with van der Waals surface area (Å²) in [5.41, 5.74) is 0.586. The molecule has 0 aliphatic heterocycles. The molecule has 4 N–H and O–H groups in total. The smallest absolute Gasteiger partial charge is 0.261 e. The summed E-state index contributed by atoms with van der Waals surface area (Å²) in [4.78, 5) is 12.1. The maximum atomic E-state index is 12.8. The van der Waals surface area contributed by atoms with Gasteiger partial charge in [0.2, 0.25) is 10.0 Å². The fraction of sp³-hybridized carbons (Fsp3) is 0.0500. The minimum Gasteiger partial charge on any atom is -0.497 e. The van der Waals surface area contributed by atoms with Crippen molar-refractivity contribution in [3.8, 4) is 5.75 Å². The normalized spacial score (nSPS) is 11.5. The number of anilines is 2. The van der Waals surface area contributed by atoms with Crippen molar-refractivity contribution in [2.45, 2.75) is 9.79 Å². The Balaban J connectivity index is 1.88. The topological polar surface area (TPSA) is 145 Å². The van der Waals surface area contributed by atoms with Gasteiger partial charge in [0.05, 0.1) is 28.2 Å². The fourth-order valence-corrected chi connectivity index (χ4v) is 4.42. The first-order valence-electron chi connectivity index (χ1n) is 8.80. The second-order valence-corrected chi connectivity index (χ2v) is 9.60. The molecule has 0 saturated heterocycles. The number of benzene rings is 3. The van der Waals surface area contributed by atoms with Gasteiger partial charge in [-0.1, -0.05) is 18.2 Å². The summed E-state index contributed by atoms with van der Waals surface area (Å²) in [5.74, 6) is 0.0784. The summed E-state index contributed by atoms with van der Waals surface area (Å²) in [5, 5.41) is 7.75. The number of nitrogens with one attached hydrogen (secondary N) is 2. The van der Waals surface area contributed by atoms with Crippen LogP contribution in [0.1, 0.15) is 10.4 Å². The van der Waals surface area contributed by atoms with Crippen LogP contribution in [0.3, 0.4) is 0 Å². The van der Waals surface area contributed by atoms with Crippen molar-refractivity contribution in [3.63, 3.8) is 0 Å². The quantitative estimate of drug-likeness (QED) is 0.493. The number of primary sulfonamides is 1. The van der Waals surface area contributed by atoms with Gasteiger partial charge in [0, 0.05) is 5.69 Å². The molecular formula is C20H19N3O6S2. The van der Waals surface area contributed by atoms with Crippen molar-refractivity contribution in [1.29, 1.82) is 0 Å². The molecule has 0 aromatic heterocycles. The number of carbonyl (C=O) groups excluding carboxylic acids is 1. The monoisotopic (exact) mass is 461 g/mol. The van der Waals surface area contributed by atoms with Crippen molar-refractivity contribution in [3.05, 3.63) is 78.4 Å². The van der Waals surface area contributed by atoms with E-state index in [0.717, 1.165) is 6.07 Å². The van der Waals surface area contributed by atoms with E-state index >= 15 is 0 Å². The first-order valence-corrected chi connectivity index (χ1v) is 11.8. The zero-order valence-corrected chi connectivity index (χ0v) is 17.9. The Morgan fingerprint density at radius 2 is 1.52 bits per heavy atom. The number of carbonyl (C=O) groups is 1. The van der Waals surface area contributed by atoms with Gasteiger partial charge in [-0.2, -0.15) is 0 Å². The van der Waals surface area contributed by atoms with Crippen molar-refractivity contribution in [1.82, 2.24) is 0 Å². The number of ether oxygens (including phenoxy) is 1. The molecule has 162 valence electrons. The molecule has 9 nitrogen and oxygen atoms in total. The standard InChI is InChI=1S/C20H19N3O6S2/c1-29-15-11-9-14(10-12-15)22-20(24)18-7-2-3-8-19(18)23-31(27,28)17-6-4-5-16(13-17)30(21,25)26/h2-13,23H,1H3,(H,22,24)(H2,21,25,26). The lowest BCUT2D eigenvalue weighted by atomic mass is 10.1. The number of hydrogen-bond donors (Lipinski definition) is 3. The van der Waals surface area contributed by atoms with E-state index in [0.29, 0.717) is 11.4 Å². The molecular weight excluding hydrogens is 442 g/mol. The predicted molar refractivity (Wildman–Crippen MR) is 116 cm³/mol. The number of amides is 1. The Morgan fingerprint density at radius 1 is 0.871 bits per heavy atom. The van der Waals surface area contributed by atoms with Gasteiger partial charge in [-0.05, 0) is 54.6 Å². The molecule has 1 amide bonds. The van der Waals surface area contributed by atoms with E-state index in [2.05, 4.69) is 10.0 Å². The van der Waals surface area contributed by atoms with Crippen molar-refractivity contribution < 1.29 is 26.4 Å². The maximum Gasteiger partial charge on any atom is 0.261 e. The lowest BCUT2D eigenvalue weighted by Crippen LogP contribution is -2.19. The summed E-state index contributed by atoms with van der Waals surface area (Å²) in [7, 11) is -6.76. The molecule has 0 unspecified atom stereocenters. The lowest BCUT2D eigenvalue weighted by Gasteiger charge is -2.13. The van der Waals surface area contributed by atoms with Crippen LogP contribution in [-0.2, 0) is 20.0 Å². The third kappa shape index (κ3) is 5.40. The third-order valence-corrected chi connectivity index (χ3v) is 6.48. The molecule has 3 rings (SSSR count). The molecule has 31 heavy (non-hydrogen) atoms. The van der Waals surface area contributed by atoms with Crippen molar-refractivity contribution >= 4 is 37.3 Å². The highest BCUT2D eigenvalue weighted by Crippen LogP contribution is 2.23. The van der Waals surface area contributed by atoms with E-state index in [1.54, 1.807) is 36.4 Å². The molecule has 0 aliphatic carbocycles. The number of nitrogens with two attached hydrogens (primary N) is 1. The van der Waals surface area contributed by atoms with Crippen LogP contribution >= 0.6 is 0 Å². The van der Waals surface area contributed by atoms with Crippen LogP contribution in [0.4, 0.5) is 11.4 Å². The fourth-order valence-electron chi connectivity index (χ4n) is 2.66. The summed E-state index contributed by atoms with van der Waals surface area (Å²) in [6.45, 7) is 0. The zero-order chi connectivity index (χ0) is 22.6. The third-order valence-electron chi connectivity index (χ3n) is 4.21. The molecule has 0 saturated carbocycles. The van der Waals surface area contributed by atoms with Crippen LogP contribution < -0.4 is 19.9 Å². The predicted octanol–water partition coefficient (Wildman–Crippen LogP) is 2.40. The Bertz CT molecular complexity index is 1320. The van der Waals surface area contributed by atoms with Crippen LogP contribution in [-0.4, -0.2) is 29.9 Å². The Kier molecular flexibility index (Phi) is 6.29. The minimum atomic E-state index is -4.20. The van der Waals surface area contributed by atoms with E-state index in [9.17, 15) is 21.6 Å². The summed E-state index contributed by atoms with van der Waals surface area (Å²) in [6, 6.07) is 17.2. The largest absolute Gasteiger partial charge is 0.497 e. The van der Waals surface area contributed by atoms with Gasteiger partial charge in [0.15, 0.2) is 0 Å². The van der Waals surface area contributed by atoms with Gasteiger partial charge in [-0.3, -0.25) is 9.52 Å². The number of sulfonamides is 2. The first kappa shape index (κ1) is 22.3. The Hall–Kier alpha value is -3.41. The number of hydrogen-bond acceptors (Lipinski definition) is 6. The van der Waals surface area contributed by atoms with Gasteiger partial charge in [-0.15, -0.1) is 0 Å². The highest BCUT2D eigenvalue weighted by atomic mass is 32.2.